The predicted octanol–water partition coefficient (Wildman–Crippen LogP) is 0.0671. The second kappa shape index (κ2) is 9.60. The van der Waals surface area contributed by atoms with Crippen LogP contribution in [0.2, 0.25) is 0 Å². The number of methoxy groups -OCH3 is 2. The molecule has 1 fully saturated rings. The number of fused-ring (bicyclic) bond motifs is 1. The van der Waals surface area contributed by atoms with Crippen molar-refractivity contribution in [1.29, 1.82) is 0 Å². The second-order valence-electron chi connectivity index (χ2n) is 7.83. The highest BCUT2D eigenvalue weighted by atomic mass is 16.7. The first-order valence-corrected chi connectivity index (χ1v) is 10.4. The van der Waals surface area contributed by atoms with Crippen LogP contribution in [-0.4, -0.2) is 82.2 Å². The average Bonchev–Trinajstić information content (AvgIpc) is 2.84. The van der Waals surface area contributed by atoms with E-state index < -0.39 is 48.5 Å². The van der Waals surface area contributed by atoms with Crippen molar-refractivity contribution in [3.63, 3.8) is 0 Å². The van der Waals surface area contributed by atoms with Gasteiger partial charge in [-0.25, -0.2) is 0 Å². The molecular weight excluding hydrogens is 468 g/mol. The van der Waals surface area contributed by atoms with Gasteiger partial charge in [0.15, 0.2) is 16.9 Å². The molecule has 2 heterocycles. The van der Waals surface area contributed by atoms with Crippen LogP contribution in [0.15, 0.2) is 39.5 Å². The van der Waals surface area contributed by atoms with Crippen LogP contribution in [0.4, 0.5) is 0 Å². The summed E-state index contributed by atoms with van der Waals surface area (Å²) >= 11 is 0. The monoisotopic (exact) mass is 492 g/mol. The molecule has 12 nitrogen and oxygen atoms in total. The largest absolute Gasteiger partial charge is 0.507 e. The summed E-state index contributed by atoms with van der Waals surface area (Å²) in [5, 5.41) is 59.8. The molecule has 188 valence electrons. The highest BCUT2D eigenvalue weighted by molar-refractivity contribution is 5.86. The summed E-state index contributed by atoms with van der Waals surface area (Å²) in [6, 6.07) is 6.35. The third-order valence-electron chi connectivity index (χ3n) is 5.65. The van der Waals surface area contributed by atoms with Crippen molar-refractivity contribution in [2.24, 2.45) is 0 Å². The molecule has 12 heteroatoms. The van der Waals surface area contributed by atoms with Crippen molar-refractivity contribution in [3.8, 4) is 40.1 Å². The fourth-order valence-electron chi connectivity index (χ4n) is 3.79. The van der Waals surface area contributed by atoms with E-state index in [0.29, 0.717) is 5.56 Å². The summed E-state index contributed by atoms with van der Waals surface area (Å²) in [5.74, 6) is -0.615. The van der Waals surface area contributed by atoms with E-state index in [1.165, 1.54) is 32.4 Å². The molecule has 0 amide bonds. The maximum atomic E-state index is 12.8. The number of phenolic OH excluding ortho intramolecular Hbond substituents is 2. The summed E-state index contributed by atoms with van der Waals surface area (Å²) in [6.45, 7) is -0.647. The van der Waals surface area contributed by atoms with Gasteiger partial charge in [-0.2, -0.15) is 0 Å². The summed E-state index contributed by atoms with van der Waals surface area (Å²) in [4.78, 5) is 12.8. The molecule has 4 rings (SSSR count). The van der Waals surface area contributed by atoms with E-state index in [1.807, 2.05) is 0 Å². The maximum Gasteiger partial charge on any atom is 0.229 e. The summed E-state index contributed by atoms with van der Waals surface area (Å²) in [5.41, 5.74) is -0.336. The number of aromatic hydroxyl groups is 2. The van der Waals surface area contributed by atoms with Gasteiger partial charge in [0.2, 0.25) is 12.0 Å². The minimum absolute atomic E-state index is 0.0588. The SMILES string of the molecule is COc1cc(-c2cc(=O)c3c(O)cc(O[C@@H]4O[C@H](CO)[C@H](O)[C@H](O)[C@H]4O)cc3o2)cc(OC)c1O. The van der Waals surface area contributed by atoms with E-state index in [-0.39, 0.29) is 39.7 Å². The minimum atomic E-state index is -1.68. The van der Waals surface area contributed by atoms with E-state index in [2.05, 4.69) is 0 Å². The van der Waals surface area contributed by atoms with E-state index in [0.717, 1.165) is 12.1 Å². The third-order valence-corrected chi connectivity index (χ3v) is 5.65. The lowest BCUT2D eigenvalue weighted by molar-refractivity contribution is -0.277. The number of rotatable bonds is 6. The molecule has 35 heavy (non-hydrogen) atoms. The Bertz CT molecular complexity index is 1260. The van der Waals surface area contributed by atoms with Crippen LogP contribution in [0.5, 0.6) is 28.7 Å². The van der Waals surface area contributed by atoms with Crippen LogP contribution >= 0.6 is 0 Å². The van der Waals surface area contributed by atoms with Gasteiger partial charge < -0.3 is 54.0 Å². The molecule has 0 aliphatic carbocycles. The first kappa shape index (κ1) is 24.6. The Morgan fingerprint density at radius 2 is 1.57 bits per heavy atom. The molecule has 3 aromatic rings. The van der Waals surface area contributed by atoms with E-state index >= 15 is 0 Å². The Kier molecular flexibility index (Phi) is 6.74. The molecule has 2 aromatic carbocycles. The number of hydrogen-bond donors (Lipinski definition) is 6. The molecule has 1 aromatic heterocycles. The molecule has 6 N–H and O–H groups in total. The van der Waals surface area contributed by atoms with Gasteiger partial charge in [0.1, 0.15) is 52.6 Å². The number of ether oxygens (including phenoxy) is 4. The standard InChI is InChI=1S/C23H24O12/c1-31-15-3-9(4-16(32-2)19(15)27)13-7-12(26)18-11(25)5-10(6-14(18)34-13)33-23-22(30)21(29)20(28)17(8-24)35-23/h3-7,17,20-25,27-30H,8H2,1-2H3/t17-,20+,21+,22-,23-/m1/s1. The minimum Gasteiger partial charge on any atom is -0.507 e. The van der Waals surface area contributed by atoms with Gasteiger partial charge in [-0.15, -0.1) is 0 Å². The molecule has 1 aliphatic rings. The molecule has 0 spiro atoms. The number of benzene rings is 2. The Morgan fingerprint density at radius 3 is 2.17 bits per heavy atom. The molecule has 5 atom stereocenters. The number of phenols is 2. The number of aliphatic hydroxyl groups excluding tert-OH is 4. The van der Waals surface area contributed by atoms with Gasteiger partial charge in [0.05, 0.1) is 20.8 Å². The van der Waals surface area contributed by atoms with Gasteiger partial charge >= 0.3 is 0 Å². The highest BCUT2D eigenvalue weighted by Gasteiger charge is 2.44. The Hall–Kier alpha value is -3.55. The zero-order valence-electron chi connectivity index (χ0n) is 18.6. The maximum absolute atomic E-state index is 12.8. The van der Waals surface area contributed by atoms with Gasteiger partial charge in [0.25, 0.3) is 0 Å². The molecule has 0 bridgehead atoms. The number of hydrogen-bond acceptors (Lipinski definition) is 12. The van der Waals surface area contributed by atoms with Crippen molar-refractivity contribution in [2.45, 2.75) is 30.7 Å². The van der Waals surface area contributed by atoms with Crippen LogP contribution in [0.25, 0.3) is 22.3 Å². The molecule has 1 aliphatic heterocycles. The number of aliphatic hydroxyl groups is 4. The molecule has 0 saturated carbocycles. The van der Waals surface area contributed by atoms with E-state index in [1.54, 1.807) is 0 Å². The molecular formula is C23H24O12. The van der Waals surface area contributed by atoms with Crippen molar-refractivity contribution >= 4 is 11.0 Å². The first-order chi connectivity index (χ1) is 16.7. The van der Waals surface area contributed by atoms with Gasteiger partial charge in [-0.3, -0.25) is 4.79 Å². The van der Waals surface area contributed by atoms with Crippen LogP contribution in [-0.2, 0) is 4.74 Å². The third kappa shape index (κ3) is 4.45. The predicted molar refractivity (Wildman–Crippen MR) is 119 cm³/mol. The first-order valence-electron chi connectivity index (χ1n) is 10.4. The zero-order chi connectivity index (χ0) is 25.4. The summed E-state index contributed by atoms with van der Waals surface area (Å²) < 4.78 is 26.9. The lowest BCUT2D eigenvalue weighted by Crippen LogP contribution is -2.60. The summed E-state index contributed by atoms with van der Waals surface area (Å²) in [7, 11) is 2.69. The van der Waals surface area contributed by atoms with Crippen LogP contribution in [0, 0.1) is 0 Å². The summed E-state index contributed by atoms with van der Waals surface area (Å²) in [6.07, 6.45) is -7.62. The van der Waals surface area contributed by atoms with E-state index in [4.69, 9.17) is 23.4 Å². The van der Waals surface area contributed by atoms with Crippen molar-refractivity contribution < 1.29 is 54.0 Å². The lowest BCUT2D eigenvalue weighted by atomic mass is 9.99. The Morgan fingerprint density at radius 1 is 0.914 bits per heavy atom. The molecule has 1 saturated heterocycles. The Labute approximate surface area is 197 Å². The van der Waals surface area contributed by atoms with Gasteiger partial charge in [0, 0.05) is 23.8 Å². The Balaban J connectivity index is 1.75. The lowest BCUT2D eigenvalue weighted by Gasteiger charge is -2.39. The molecule has 0 radical (unpaired) electrons. The van der Waals surface area contributed by atoms with Crippen LogP contribution in [0.1, 0.15) is 0 Å². The van der Waals surface area contributed by atoms with Crippen molar-refractivity contribution in [3.05, 3.63) is 40.6 Å². The molecule has 0 unspecified atom stereocenters. The normalized spacial score (nSPS) is 24.3. The fraction of sp³-hybridized carbons (Fsp3) is 0.348. The van der Waals surface area contributed by atoms with Gasteiger partial charge in [-0.05, 0) is 12.1 Å². The van der Waals surface area contributed by atoms with Crippen LogP contribution < -0.4 is 19.6 Å². The highest BCUT2D eigenvalue weighted by Crippen LogP contribution is 2.41. The smallest absolute Gasteiger partial charge is 0.229 e. The van der Waals surface area contributed by atoms with Crippen molar-refractivity contribution in [1.82, 2.24) is 0 Å². The van der Waals surface area contributed by atoms with Gasteiger partial charge in [-0.1, -0.05) is 0 Å². The van der Waals surface area contributed by atoms with Crippen molar-refractivity contribution in [2.75, 3.05) is 20.8 Å². The second-order valence-corrected chi connectivity index (χ2v) is 7.83. The average molecular weight is 492 g/mol. The van der Waals surface area contributed by atoms with E-state index in [9.17, 15) is 35.4 Å². The van der Waals surface area contributed by atoms with Crippen LogP contribution in [0.3, 0.4) is 0 Å². The zero-order valence-corrected chi connectivity index (χ0v) is 18.6. The topological polar surface area (TPSA) is 189 Å². The quantitative estimate of drug-likeness (QED) is 0.272. The fourth-order valence-corrected chi connectivity index (χ4v) is 3.79.